The molecular weight excluding hydrogens is 490 g/mol. The smallest absolute Gasteiger partial charge is 0.345 e. The van der Waals surface area contributed by atoms with Crippen LogP contribution in [0.1, 0.15) is 34.0 Å². The lowest BCUT2D eigenvalue weighted by atomic mass is 9.99. The number of carboxylic acids is 1. The summed E-state index contributed by atoms with van der Waals surface area (Å²) in [7, 11) is 1.90. The zero-order valence-corrected chi connectivity index (χ0v) is 21.7. The van der Waals surface area contributed by atoms with E-state index in [0.717, 1.165) is 27.6 Å². The van der Waals surface area contributed by atoms with Crippen molar-refractivity contribution in [2.45, 2.75) is 26.6 Å². The molecule has 0 atom stereocenters. The minimum absolute atomic E-state index is 0.0137. The number of aryl methyl sites for hydroxylation is 1. The Morgan fingerprint density at radius 1 is 0.974 bits per heavy atom. The number of rotatable bonds is 9. The fraction of sp³-hybridized carbons (Fsp3) is 0.156. The Morgan fingerprint density at radius 3 is 2.21 bits per heavy atom. The summed E-state index contributed by atoms with van der Waals surface area (Å²) < 4.78 is 14.2. The molecule has 0 aliphatic carbocycles. The highest BCUT2D eigenvalue weighted by molar-refractivity contribution is 5.98. The number of nitrogens with zero attached hydrogens (tertiary/aromatic N) is 3. The maximum absolute atomic E-state index is 12.6. The first kappa shape index (κ1) is 25.6. The SMILES string of the molecule is [C-]#[N+]c1cn(C)c2ccc(-c3nc(OCc4ccccc4)c(C(=O)O)c(OCc4ccccc4)c3CC)cc12. The van der Waals surface area contributed by atoms with E-state index in [2.05, 4.69) is 4.85 Å². The van der Waals surface area contributed by atoms with Gasteiger partial charge < -0.3 is 19.1 Å². The van der Waals surface area contributed by atoms with Crippen LogP contribution < -0.4 is 9.47 Å². The van der Waals surface area contributed by atoms with Crippen molar-refractivity contribution >= 4 is 22.6 Å². The second-order valence-electron chi connectivity index (χ2n) is 9.12. The third kappa shape index (κ3) is 5.18. The van der Waals surface area contributed by atoms with Gasteiger partial charge in [-0.15, -0.1) is 0 Å². The van der Waals surface area contributed by atoms with Crippen molar-refractivity contribution in [3.05, 3.63) is 119 Å². The molecule has 0 unspecified atom stereocenters. The lowest BCUT2D eigenvalue weighted by Crippen LogP contribution is -2.12. The van der Waals surface area contributed by atoms with Crippen LogP contribution in [0, 0.1) is 6.57 Å². The van der Waals surface area contributed by atoms with Gasteiger partial charge in [0.25, 0.3) is 0 Å². The number of fused-ring (bicyclic) bond motifs is 1. The lowest BCUT2D eigenvalue weighted by molar-refractivity contribution is 0.0684. The summed E-state index contributed by atoms with van der Waals surface area (Å²) in [6.07, 6.45) is 2.28. The number of pyridine rings is 1. The maximum atomic E-state index is 12.6. The standard InChI is InChI=1S/C32H27N3O4/c1-4-24-29(23-15-16-27-25(17-23)26(33-2)18-35(27)3)34-31(39-20-22-13-9-6-10-14-22)28(32(36)37)30(24)38-19-21-11-7-5-8-12-21/h5-18H,4,19-20H2,1,3H3,(H,36,37). The van der Waals surface area contributed by atoms with E-state index in [9.17, 15) is 9.90 Å². The van der Waals surface area contributed by atoms with Crippen LogP contribution >= 0.6 is 0 Å². The van der Waals surface area contributed by atoms with Gasteiger partial charge in [0.1, 0.15) is 19.0 Å². The number of hydrogen-bond donors (Lipinski definition) is 1. The molecule has 0 aliphatic rings. The van der Waals surface area contributed by atoms with Crippen molar-refractivity contribution in [3.8, 4) is 22.9 Å². The summed E-state index contributed by atoms with van der Waals surface area (Å²) >= 11 is 0. The second kappa shape index (κ2) is 11.1. The van der Waals surface area contributed by atoms with Crippen molar-refractivity contribution in [3.63, 3.8) is 0 Å². The van der Waals surface area contributed by atoms with Crippen molar-refractivity contribution in [2.75, 3.05) is 0 Å². The van der Waals surface area contributed by atoms with Gasteiger partial charge in [-0.2, -0.15) is 0 Å². The van der Waals surface area contributed by atoms with Gasteiger partial charge in [0.05, 0.1) is 12.3 Å². The normalized spacial score (nSPS) is 10.8. The average Bonchev–Trinajstić information content (AvgIpc) is 3.29. The summed E-state index contributed by atoms with van der Waals surface area (Å²) in [5, 5.41) is 11.1. The van der Waals surface area contributed by atoms with Crippen LogP contribution in [0.2, 0.25) is 0 Å². The molecule has 7 heteroatoms. The molecular formula is C32H27N3O4. The highest BCUT2D eigenvalue weighted by Crippen LogP contribution is 2.40. The number of benzene rings is 3. The van der Waals surface area contributed by atoms with Gasteiger partial charge in [-0.3, -0.25) is 0 Å². The molecule has 1 N–H and O–H groups in total. The van der Waals surface area contributed by atoms with E-state index in [1.165, 1.54) is 0 Å². The number of carboxylic acid groups (broad SMARTS) is 1. The van der Waals surface area contributed by atoms with E-state index < -0.39 is 5.97 Å². The first-order valence-corrected chi connectivity index (χ1v) is 12.6. The van der Waals surface area contributed by atoms with Gasteiger partial charge in [-0.05, 0) is 23.6 Å². The van der Waals surface area contributed by atoms with E-state index in [-0.39, 0.29) is 30.4 Å². The molecule has 0 saturated carbocycles. The zero-order chi connectivity index (χ0) is 27.4. The van der Waals surface area contributed by atoms with Crippen molar-refractivity contribution in [1.29, 1.82) is 0 Å². The van der Waals surface area contributed by atoms with E-state index >= 15 is 0 Å². The van der Waals surface area contributed by atoms with Gasteiger partial charge >= 0.3 is 5.97 Å². The van der Waals surface area contributed by atoms with Crippen molar-refractivity contribution in [2.24, 2.45) is 7.05 Å². The van der Waals surface area contributed by atoms with Crippen LogP contribution in [-0.4, -0.2) is 20.6 Å². The fourth-order valence-corrected chi connectivity index (χ4v) is 4.66. The van der Waals surface area contributed by atoms with Crippen molar-refractivity contribution < 1.29 is 19.4 Å². The minimum atomic E-state index is -1.18. The Morgan fingerprint density at radius 2 is 1.62 bits per heavy atom. The molecule has 0 aliphatic heterocycles. The van der Waals surface area contributed by atoms with Crippen LogP contribution in [0.4, 0.5) is 5.69 Å². The van der Waals surface area contributed by atoms with E-state index in [1.54, 1.807) is 6.20 Å². The number of carbonyl (C=O) groups is 1. The van der Waals surface area contributed by atoms with E-state index in [1.807, 2.05) is 97.4 Å². The predicted molar refractivity (Wildman–Crippen MR) is 150 cm³/mol. The maximum Gasteiger partial charge on any atom is 0.345 e. The molecule has 39 heavy (non-hydrogen) atoms. The Hall–Kier alpha value is -5.09. The van der Waals surface area contributed by atoms with Crippen LogP contribution in [0.5, 0.6) is 11.6 Å². The molecule has 7 nitrogen and oxygen atoms in total. The Bertz CT molecular complexity index is 1690. The Kier molecular flexibility index (Phi) is 7.28. The summed E-state index contributed by atoms with van der Waals surface area (Å²) in [5.41, 5.74) is 5.13. The fourth-order valence-electron chi connectivity index (χ4n) is 4.66. The molecule has 0 radical (unpaired) electrons. The quantitative estimate of drug-likeness (QED) is 0.209. The number of aromatic carboxylic acids is 1. The summed E-state index contributed by atoms with van der Waals surface area (Å²) in [6, 6.07) is 24.9. The predicted octanol–water partition coefficient (Wildman–Crippen LogP) is 7.21. The number of hydrogen-bond acceptors (Lipinski definition) is 4. The number of aromatic nitrogens is 2. The Labute approximate surface area is 226 Å². The van der Waals surface area contributed by atoms with Crippen LogP contribution in [0.15, 0.2) is 85.1 Å². The molecule has 0 amide bonds. The topological polar surface area (TPSA) is 77.9 Å². The average molecular weight is 518 g/mol. The third-order valence-corrected chi connectivity index (χ3v) is 6.59. The van der Waals surface area contributed by atoms with Gasteiger partial charge in [0, 0.05) is 35.3 Å². The molecule has 0 bridgehead atoms. The lowest BCUT2D eigenvalue weighted by Gasteiger charge is -2.20. The number of ether oxygens (including phenoxy) is 2. The van der Waals surface area contributed by atoms with Crippen LogP contribution in [-0.2, 0) is 26.7 Å². The highest BCUT2D eigenvalue weighted by atomic mass is 16.5. The van der Waals surface area contributed by atoms with Crippen LogP contribution in [0.3, 0.4) is 0 Å². The Balaban J connectivity index is 1.68. The van der Waals surface area contributed by atoms with Crippen molar-refractivity contribution in [1.82, 2.24) is 9.55 Å². The second-order valence-corrected chi connectivity index (χ2v) is 9.12. The summed E-state index contributed by atoms with van der Waals surface area (Å²) in [5.74, 6) is -0.954. The summed E-state index contributed by atoms with van der Waals surface area (Å²) in [6.45, 7) is 9.88. The molecule has 5 aromatic rings. The minimum Gasteiger partial charge on any atom is -0.487 e. The first-order chi connectivity index (χ1) is 19.0. The molecule has 0 saturated heterocycles. The van der Waals surface area contributed by atoms with Gasteiger partial charge in [0.2, 0.25) is 11.6 Å². The van der Waals surface area contributed by atoms with Crippen LogP contribution in [0.25, 0.3) is 27.0 Å². The molecule has 3 aromatic carbocycles. The molecule has 0 fully saturated rings. The third-order valence-electron chi connectivity index (χ3n) is 6.59. The largest absolute Gasteiger partial charge is 0.487 e. The molecule has 194 valence electrons. The van der Waals surface area contributed by atoms with E-state index in [0.29, 0.717) is 23.4 Å². The first-order valence-electron chi connectivity index (χ1n) is 12.6. The highest BCUT2D eigenvalue weighted by Gasteiger charge is 2.27. The van der Waals surface area contributed by atoms with Gasteiger partial charge in [-0.1, -0.05) is 79.7 Å². The monoisotopic (exact) mass is 517 g/mol. The van der Waals surface area contributed by atoms with E-state index in [4.69, 9.17) is 21.0 Å². The molecule has 5 rings (SSSR count). The molecule has 0 spiro atoms. The summed E-state index contributed by atoms with van der Waals surface area (Å²) in [4.78, 5) is 21.1. The molecule has 2 aromatic heterocycles. The van der Waals surface area contributed by atoms with Gasteiger partial charge in [0.15, 0.2) is 5.56 Å². The van der Waals surface area contributed by atoms with Gasteiger partial charge in [-0.25, -0.2) is 14.6 Å². The molecule has 2 heterocycles. The zero-order valence-electron chi connectivity index (χ0n) is 21.7.